The molecule has 0 heterocycles. The maximum Gasteiger partial charge on any atom is 0.224 e. The van der Waals surface area contributed by atoms with Crippen molar-refractivity contribution in [1.82, 2.24) is 5.32 Å². The molecule has 1 amide bonds. The number of anilines is 1. The summed E-state index contributed by atoms with van der Waals surface area (Å²) in [5, 5.41) is 6.69. The Labute approximate surface area is 111 Å². The van der Waals surface area contributed by atoms with Gasteiger partial charge in [-0.15, -0.1) is 0 Å². The molecule has 17 heavy (non-hydrogen) atoms. The lowest BCUT2D eigenvalue weighted by Crippen LogP contribution is -2.15. The SMILES string of the molecule is CNCCCC(=O)Nc1c(Cl)ccc(C)c1Cl. The largest absolute Gasteiger partial charge is 0.324 e. The van der Waals surface area contributed by atoms with E-state index in [2.05, 4.69) is 10.6 Å². The van der Waals surface area contributed by atoms with Gasteiger partial charge in [-0.05, 0) is 38.6 Å². The molecule has 1 aromatic carbocycles. The Hall–Kier alpha value is -0.770. The van der Waals surface area contributed by atoms with Crippen LogP contribution in [0.1, 0.15) is 18.4 Å². The number of benzene rings is 1. The second-order valence-electron chi connectivity index (χ2n) is 3.81. The molecule has 3 nitrogen and oxygen atoms in total. The first-order chi connectivity index (χ1) is 8.06. The second-order valence-corrected chi connectivity index (χ2v) is 4.59. The number of aryl methyl sites for hydroxylation is 1. The Morgan fingerprint density at radius 1 is 1.35 bits per heavy atom. The molecule has 0 aliphatic rings. The summed E-state index contributed by atoms with van der Waals surface area (Å²) in [4.78, 5) is 11.6. The summed E-state index contributed by atoms with van der Waals surface area (Å²) in [5.74, 6) is -0.0744. The summed E-state index contributed by atoms with van der Waals surface area (Å²) in [6.45, 7) is 2.68. The van der Waals surface area contributed by atoms with Gasteiger partial charge in [0, 0.05) is 6.42 Å². The van der Waals surface area contributed by atoms with Crippen molar-refractivity contribution in [3.8, 4) is 0 Å². The fraction of sp³-hybridized carbons (Fsp3) is 0.417. The van der Waals surface area contributed by atoms with Gasteiger partial charge >= 0.3 is 0 Å². The molecular formula is C12H16Cl2N2O. The topological polar surface area (TPSA) is 41.1 Å². The van der Waals surface area contributed by atoms with Crippen molar-refractivity contribution >= 4 is 34.8 Å². The first kappa shape index (κ1) is 14.3. The predicted octanol–water partition coefficient (Wildman–Crippen LogP) is 3.24. The highest BCUT2D eigenvalue weighted by Crippen LogP contribution is 2.32. The minimum atomic E-state index is -0.0744. The van der Waals surface area contributed by atoms with Crippen LogP contribution >= 0.6 is 23.2 Å². The average Bonchev–Trinajstić information content (AvgIpc) is 2.30. The number of carbonyl (C=O) groups is 1. The van der Waals surface area contributed by atoms with Gasteiger partial charge in [0.1, 0.15) is 0 Å². The first-order valence-electron chi connectivity index (χ1n) is 5.45. The van der Waals surface area contributed by atoms with Gasteiger partial charge in [0.2, 0.25) is 5.91 Å². The van der Waals surface area contributed by atoms with E-state index >= 15 is 0 Å². The molecule has 0 atom stereocenters. The average molecular weight is 275 g/mol. The normalized spacial score (nSPS) is 10.4. The molecule has 0 aliphatic heterocycles. The molecule has 0 aromatic heterocycles. The van der Waals surface area contributed by atoms with Gasteiger partial charge in [0.15, 0.2) is 0 Å². The minimum Gasteiger partial charge on any atom is -0.324 e. The molecular weight excluding hydrogens is 259 g/mol. The van der Waals surface area contributed by atoms with Crippen LogP contribution in [-0.4, -0.2) is 19.5 Å². The molecule has 0 bridgehead atoms. The third-order valence-corrected chi connectivity index (χ3v) is 3.18. The Balaban J connectivity index is 2.68. The van der Waals surface area contributed by atoms with Crippen LogP contribution in [0.4, 0.5) is 5.69 Å². The third-order valence-electron chi connectivity index (χ3n) is 2.38. The molecule has 1 aromatic rings. The van der Waals surface area contributed by atoms with Gasteiger partial charge in [-0.3, -0.25) is 4.79 Å². The molecule has 1 rings (SSSR count). The van der Waals surface area contributed by atoms with E-state index < -0.39 is 0 Å². The van der Waals surface area contributed by atoms with Gasteiger partial charge < -0.3 is 10.6 Å². The first-order valence-corrected chi connectivity index (χ1v) is 6.21. The van der Waals surface area contributed by atoms with Crippen LogP contribution in [0.5, 0.6) is 0 Å². The van der Waals surface area contributed by atoms with Crippen molar-refractivity contribution in [2.24, 2.45) is 0 Å². The Kier molecular flexibility index (Phi) is 5.75. The lowest BCUT2D eigenvalue weighted by Gasteiger charge is -2.11. The standard InChI is InChI=1S/C12H16Cl2N2O/c1-8-5-6-9(13)12(11(8)14)16-10(17)4-3-7-15-2/h5-6,15H,3-4,7H2,1-2H3,(H,16,17). The van der Waals surface area contributed by atoms with Gasteiger partial charge in [-0.1, -0.05) is 29.3 Å². The zero-order valence-electron chi connectivity index (χ0n) is 9.94. The zero-order chi connectivity index (χ0) is 12.8. The lowest BCUT2D eigenvalue weighted by atomic mass is 10.2. The number of hydrogen-bond acceptors (Lipinski definition) is 2. The van der Waals surface area contributed by atoms with Gasteiger partial charge in [-0.25, -0.2) is 0 Å². The minimum absolute atomic E-state index is 0.0744. The van der Waals surface area contributed by atoms with E-state index in [-0.39, 0.29) is 5.91 Å². The number of halogens is 2. The highest BCUT2D eigenvalue weighted by Gasteiger charge is 2.11. The van der Waals surface area contributed by atoms with Crippen LogP contribution in [0.3, 0.4) is 0 Å². The van der Waals surface area contributed by atoms with Crippen LogP contribution in [-0.2, 0) is 4.79 Å². The number of rotatable bonds is 5. The van der Waals surface area contributed by atoms with E-state index in [1.54, 1.807) is 6.07 Å². The van der Waals surface area contributed by atoms with Gasteiger partial charge in [-0.2, -0.15) is 0 Å². The van der Waals surface area contributed by atoms with Gasteiger partial charge in [0.25, 0.3) is 0 Å². The maximum absolute atomic E-state index is 11.6. The van der Waals surface area contributed by atoms with E-state index in [0.717, 1.165) is 18.5 Å². The Morgan fingerprint density at radius 3 is 2.71 bits per heavy atom. The summed E-state index contributed by atoms with van der Waals surface area (Å²) < 4.78 is 0. The van der Waals surface area contributed by atoms with Crippen molar-refractivity contribution in [2.75, 3.05) is 18.9 Å². The van der Waals surface area contributed by atoms with Crippen LogP contribution in [0, 0.1) is 6.92 Å². The van der Waals surface area contributed by atoms with Crippen molar-refractivity contribution in [3.63, 3.8) is 0 Å². The van der Waals surface area contributed by atoms with Crippen molar-refractivity contribution in [3.05, 3.63) is 27.7 Å². The number of hydrogen-bond donors (Lipinski definition) is 2. The van der Waals surface area contributed by atoms with Crippen molar-refractivity contribution in [2.45, 2.75) is 19.8 Å². The van der Waals surface area contributed by atoms with E-state index in [4.69, 9.17) is 23.2 Å². The van der Waals surface area contributed by atoms with Crippen LogP contribution < -0.4 is 10.6 Å². The molecule has 0 spiro atoms. The highest BCUT2D eigenvalue weighted by molar-refractivity contribution is 6.40. The second kappa shape index (κ2) is 6.84. The fourth-order valence-corrected chi connectivity index (χ4v) is 1.86. The summed E-state index contributed by atoms with van der Waals surface area (Å²) in [5.41, 5.74) is 1.39. The fourth-order valence-electron chi connectivity index (χ4n) is 1.40. The number of nitrogens with one attached hydrogen (secondary N) is 2. The summed E-state index contributed by atoms with van der Waals surface area (Å²) >= 11 is 12.1. The van der Waals surface area contributed by atoms with Crippen LogP contribution in [0.15, 0.2) is 12.1 Å². The van der Waals surface area contributed by atoms with E-state index in [9.17, 15) is 4.79 Å². The highest BCUT2D eigenvalue weighted by atomic mass is 35.5. The molecule has 5 heteroatoms. The predicted molar refractivity (Wildman–Crippen MR) is 73.0 cm³/mol. The van der Waals surface area contributed by atoms with Crippen LogP contribution in [0.2, 0.25) is 10.0 Å². The smallest absolute Gasteiger partial charge is 0.224 e. The number of amides is 1. The monoisotopic (exact) mass is 274 g/mol. The van der Waals surface area contributed by atoms with E-state index in [0.29, 0.717) is 22.2 Å². The number of carbonyl (C=O) groups excluding carboxylic acids is 1. The zero-order valence-corrected chi connectivity index (χ0v) is 11.5. The van der Waals surface area contributed by atoms with Crippen molar-refractivity contribution in [1.29, 1.82) is 0 Å². The Bertz CT molecular complexity index is 408. The summed E-state index contributed by atoms with van der Waals surface area (Å²) in [6.07, 6.45) is 1.23. The van der Waals surface area contributed by atoms with Crippen LogP contribution in [0.25, 0.3) is 0 Å². The molecule has 0 saturated carbocycles. The molecule has 0 unspecified atom stereocenters. The summed E-state index contributed by atoms with van der Waals surface area (Å²) in [7, 11) is 1.85. The summed E-state index contributed by atoms with van der Waals surface area (Å²) in [6, 6.07) is 3.55. The quantitative estimate of drug-likeness (QED) is 0.810. The lowest BCUT2D eigenvalue weighted by molar-refractivity contribution is -0.116. The molecule has 94 valence electrons. The van der Waals surface area contributed by atoms with E-state index in [1.165, 1.54) is 0 Å². The molecule has 0 fully saturated rings. The van der Waals surface area contributed by atoms with E-state index in [1.807, 2.05) is 20.0 Å². The molecule has 0 saturated heterocycles. The van der Waals surface area contributed by atoms with Gasteiger partial charge in [0.05, 0.1) is 15.7 Å². The van der Waals surface area contributed by atoms with Crippen molar-refractivity contribution < 1.29 is 4.79 Å². The third kappa shape index (κ3) is 4.19. The maximum atomic E-state index is 11.6. The molecule has 2 N–H and O–H groups in total. The molecule has 0 radical (unpaired) electrons. The Morgan fingerprint density at radius 2 is 2.06 bits per heavy atom. The molecule has 0 aliphatic carbocycles.